The van der Waals surface area contributed by atoms with E-state index in [-0.39, 0.29) is 5.69 Å². The van der Waals surface area contributed by atoms with Crippen LogP contribution in [0.25, 0.3) is 0 Å². The van der Waals surface area contributed by atoms with Gasteiger partial charge in [-0.1, -0.05) is 5.21 Å². The molecular weight excluding hydrogens is 252 g/mol. The standard InChI is InChI=1S/C9H13F2N3O4/c1-5(18-2)7-6(8(16)17)12-13-14(7)3-9(10,11)4-15/h5,15H,3-4H2,1-2H3,(H,16,17). The molecule has 0 radical (unpaired) electrons. The molecule has 102 valence electrons. The molecule has 0 aliphatic rings. The summed E-state index contributed by atoms with van der Waals surface area (Å²) in [5, 5.41) is 24.0. The van der Waals surface area contributed by atoms with Crippen LogP contribution in [0.3, 0.4) is 0 Å². The SMILES string of the molecule is COC(C)c1c(C(=O)O)nnn1CC(F)(F)CO. The Bertz CT molecular complexity index is 435. The van der Waals surface area contributed by atoms with Crippen molar-refractivity contribution < 1.29 is 28.5 Å². The number of carboxylic acids is 1. The lowest BCUT2D eigenvalue weighted by atomic mass is 10.2. The number of carboxylic acid groups (broad SMARTS) is 1. The van der Waals surface area contributed by atoms with E-state index in [0.717, 1.165) is 4.68 Å². The van der Waals surface area contributed by atoms with E-state index in [9.17, 15) is 13.6 Å². The molecule has 0 saturated heterocycles. The van der Waals surface area contributed by atoms with E-state index in [2.05, 4.69) is 10.3 Å². The first-order valence-corrected chi connectivity index (χ1v) is 5.00. The van der Waals surface area contributed by atoms with Crippen LogP contribution in [0.1, 0.15) is 29.2 Å². The molecule has 1 heterocycles. The number of carbonyl (C=O) groups is 1. The third-order valence-electron chi connectivity index (χ3n) is 2.33. The van der Waals surface area contributed by atoms with Crippen LogP contribution in [-0.4, -0.2) is 50.8 Å². The van der Waals surface area contributed by atoms with Crippen molar-refractivity contribution >= 4 is 5.97 Å². The smallest absolute Gasteiger partial charge is 0.358 e. The van der Waals surface area contributed by atoms with E-state index < -0.39 is 36.8 Å². The van der Waals surface area contributed by atoms with Crippen LogP contribution in [0.15, 0.2) is 0 Å². The second-order valence-electron chi connectivity index (χ2n) is 3.68. The molecule has 2 N–H and O–H groups in total. The Morgan fingerprint density at radius 1 is 1.61 bits per heavy atom. The molecule has 18 heavy (non-hydrogen) atoms. The van der Waals surface area contributed by atoms with Crippen molar-refractivity contribution in [3.8, 4) is 0 Å². The summed E-state index contributed by atoms with van der Waals surface area (Å²) >= 11 is 0. The Balaban J connectivity index is 3.16. The lowest BCUT2D eigenvalue weighted by Crippen LogP contribution is -2.30. The van der Waals surface area contributed by atoms with Gasteiger partial charge in [0.25, 0.3) is 5.92 Å². The van der Waals surface area contributed by atoms with Crippen molar-refractivity contribution in [2.45, 2.75) is 25.5 Å². The first-order chi connectivity index (χ1) is 8.32. The van der Waals surface area contributed by atoms with Gasteiger partial charge in [-0.25, -0.2) is 18.3 Å². The first-order valence-electron chi connectivity index (χ1n) is 5.00. The van der Waals surface area contributed by atoms with Crippen LogP contribution in [0.2, 0.25) is 0 Å². The average molecular weight is 265 g/mol. The molecule has 0 aliphatic carbocycles. The maximum atomic E-state index is 13.1. The largest absolute Gasteiger partial charge is 0.476 e. The number of aliphatic hydroxyl groups is 1. The average Bonchev–Trinajstić information content (AvgIpc) is 2.71. The van der Waals surface area contributed by atoms with E-state index in [0.29, 0.717) is 0 Å². The number of hydrogen-bond acceptors (Lipinski definition) is 5. The molecule has 0 amide bonds. The van der Waals surface area contributed by atoms with Gasteiger partial charge in [-0.15, -0.1) is 5.10 Å². The summed E-state index contributed by atoms with van der Waals surface area (Å²) in [6.45, 7) is -0.846. The summed E-state index contributed by atoms with van der Waals surface area (Å²) in [5.41, 5.74) is -0.517. The third-order valence-corrected chi connectivity index (χ3v) is 2.33. The quantitative estimate of drug-likeness (QED) is 0.768. The van der Waals surface area contributed by atoms with Crippen molar-refractivity contribution in [2.24, 2.45) is 0 Å². The zero-order valence-electron chi connectivity index (χ0n) is 9.80. The maximum Gasteiger partial charge on any atom is 0.358 e. The predicted molar refractivity (Wildman–Crippen MR) is 54.4 cm³/mol. The predicted octanol–water partition coefficient (Wildman–Crippen LogP) is 0.311. The van der Waals surface area contributed by atoms with Gasteiger partial charge in [0.05, 0.1) is 6.10 Å². The highest BCUT2D eigenvalue weighted by Gasteiger charge is 2.33. The van der Waals surface area contributed by atoms with Crippen LogP contribution in [-0.2, 0) is 11.3 Å². The summed E-state index contributed by atoms with van der Waals surface area (Å²) in [5.74, 6) is -4.79. The summed E-state index contributed by atoms with van der Waals surface area (Å²) in [4.78, 5) is 10.9. The fourth-order valence-electron chi connectivity index (χ4n) is 1.37. The van der Waals surface area contributed by atoms with Crippen LogP contribution in [0, 0.1) is 0 Å². The van der Waals surface area contributed by atoms with E-state index >= 15 is 0 Å². The summed E-state index contributed by atoms with van der Waals surface area (Å²) in [6, 6.07) is 0. The van der Waals surface area contributed by atoms with Crippen LogP contribution < -0.4 is 0 Å². The number of methoxy groups -OCH3 is 1. The number of aromatic nitrogens is 3. The molecule has 0 aliphatic heterocycles. The molecular formula is C9H13F2N3O4. The molecule has 0 aromatic carbocycles. The highest BCUT2D eigenvalue weighted by molar-refractivity contribution is 5.86. The Morgan fingerprint density at radius 2 is 2.22 bits per heavy atom. The van der Waals surface area contributed by atoms with Gasteiger partial charge in [0, 0.05) is 7.11 Å². The van der Waals surface area contributed by atoms with E-state index in [1.807, 2.05) is 0 Å². The molecule has 0 spiro atoms. The number of aliphatic hydroxyl groups excluding tert-OH is 1. The van der Waals surface area contributed by atoms with Gasteiger partial charge in [-0.2, -0.15) is 0 Å². The zero-order chi connectivity index (χ0) is 13.9. The number of halogens is 2. The van der Waals surface area contributed by atoms with Crippen molar-refractivity contribution in [3.05, 3.63) is 11.4 Å². The second-order valence-corrected chi connectivity index (χ2v) is 3.68. The molecule has 0 bridgehead atoms. The van der Waals surface area contributed by atoms with Gasteiger partial charge in [-0.3, -0.25) is 0 Å². The molecule has 7 nitrogen and oxygen atoms in total. The van der Waals surface area contributed by atoms with Crippen LogP contribution >= 0.6 is 0 Å². The molecule has 1 atom stereocenters. The van der Waals surface area contributed by atoms with Crippen LogP contribution in [0.4, 0.5) is 8.78 Å². The van der Waals surface area contributed by atoms with Crippen molar-refractivity contribution in [3.63, 3.8) is 0 Å². The van der Waals surface area contributed by atoms with E-state index in [1.165, 1.54) is 14.0 Å². The fourth-order valence-corrected chi connectivity index (χ4v) is 1.37. The van der Waals surface area contributed by atoms with Crippen LogP contribution in [0.5, 0.6) is 0 Å². The van der Waals surface area contributed by atoms with Crippen molar-refractivity contribution in [1.82, 2.24) is 15.0 Å². The minimum absolute atomic E-state index is 0.0712. The van der Waals surface area contributed by atoms with Gasteiger partial charge in [0.15, 0.2) is 5.69 Å². The van der Waals surface area contributed by atoms with Crippen molar-refractivity contribution in [1.29, 1.82) is 0 Å². The Morgan fingerprint density at radius 3 is 2.67 bits per heavy atom. The van der Waals surface area contributed by atoms with E-state index in [4.69, 9.17) is 14.9 Å². The molecule has 1 aromatic rings. The van der Waals surface area contributed by atoms with E-state index in [1.54, 1.807) is 0 Å². The van der Waals surface area contributed by atoms with Gasteiger partial charge < -0.3 is 14.9 Å². The number of ether oxygens (including phenoxy) is 1. The molecule has 1 unspecified atom stereocenters. The van der Waals surface area contributed by atoms with Gasteiger partial charge in [-0.05, 0) is 6.92 Å². The number of hydrogen-bond donors (Lipinski definition) is 2. The van der Waals surface area contributed by atoms with Gasteiger partial charge >= 0.3 is 5.97 Å². The molecule has 1 rings (SSSR count). The van der Waals surface area contributed by atoms with Gasteiger partial charge in [0.2, 0.25) is 0 Å². The molecule has 9 heteroatoms. The summed E-state index contributed by atoms with van der Waals surface area (Å²) in [7, 11) is 1.30. The Kier molecular flexibility index (Phi) is 4.30. The highest BCUT2D eigenvalue weighted by Crippen LogP contribution is 2.22. The topological polar surface area (TPSA) is 97.5 Å². The monoisotopic (exact) mass is 265 g/mol. The second kappa shape index (κ2) is 5.36. The van der Waals surface area contributed by atoms with Crippen molar-refractivity contribution in [2.75, 3.05) is 13.7 Å². The summed E-state index contributed by atoms with van der Waals surface area (Å²) < 4.78 is 31.8. The molecule has 0 saturated carbocycles. The lowest BCUT2D eigenvalue weighted by Gasteiger charge is -2.17. The molecule has 1 aromatic heterocycles. The maximum absolute atomic E-state index is 13.1. The number of rotatable bonds is 6. The number of alkyl halides is 2. The Labute approximate surface area is 101 Å². The fraction of sp³-hybridized carbons (Fsp3) is 0.667. The minimum Gasteiger partial charge on any atom is -0.476 e. The first kappa shape index (κ1) is 14.5. The Hall–Kier alpha value is -1.61. The lowest BCUT2D eigenvalue weighted by molar-refractivity contribution is -0.0672. The zero-order valence-corrected chi connectivity index (χ0v) is 9.80. The third kappa shape index (κ3) is 2.99. The number of aromatic carboxylic acids is 1. The minimum atomic E-state index is -3.41. The van der Waals surface area contributed by atoms with Gasteiger partial charge in [0.1, 0.15) is 18.8 Å². The molecule has 0 fully saturated rings. The number of nitrogens with zero attached hydrogens (tertiary/aromatic N) is 3. The normalized spacial score (nSPS) is 13.6. The summed E-state index contributed by atoms with van der Waals surface area (Å²) in [6.07, 6.45) is -0.763. The highest BCUT2D eigenvalue weighted by atomic mass is 19.3.